The van der Waals surface area contributed by atoms with E-state index in [1.165, 1.54) is 16.2 Å². The summed E-state index contributed by atoms with van der Waals surface area (Å²) >= 11 is 13.9. The third kappa shape index (κ3) is 5.17. The van der Waals surface area contributed by atoms with Crippen molar-refractivity contribution in [3.05, 3.63) is 55.8 Å². The Morgan fingerprint density at radius 3 is 2.68 bits per heavy atom. The molecule has 1 aliphatic rings. The van der Waals surface area contributed by atoms with Gasteiger partial charge in [0.15, 0.2) is 0 Å². The zero-order valence-corrected chi connectivity index (χ0v) is 20.2. The first kappa shape index (κ1) is 23.5. The van der Waals surface area contributed by atoms with Crippen molar-refractivity contribution >= 4 is 80.1 Å². The normalized spacial score (nSPS) is 15.0. The molecule has 1 aromatic carbocycles. The second kappa shape index (κ2) is 9.95. The van der Waals surface area contributed by atoms with E-state index in [0.29, 0.717) is 26.1 Å². The van der Waals surface area contributed by atoms with Crippen LogP contribution in [0.4, 0.5) is 5.00 Å². The number of carbonyl (C=O) groups is 3. The average molecular weight is 495 g/mol. The van der Waals surface area contributed by atoms with Gasteiger partial charge in [-0.1, -0.05) is 53.8 Å². The van der Waals surface area contributed by atoms with Crippen molar-refractivity contribution in [1.82, 2.24) is 4.90 Å². The van der Waals surface area contributed by atoms with Crippen molar-refractivity contribution in [2.75, 3.05) is 18.5 Å². The summed E-state index contributed by atoms with van der Waals surface area (Å²) in [5.41, 5.74) is 1.78. The number of anilines is 1. The summed E-state index contributed by atoms with van der Waals surface area (Å²) in [6.45, 7) is 5.35. The van der Waals surface area contributed by atoms with E-state index >= 15 is 0 Å². The molecule has 2 aromatic rings. The highest BCUT2D eigenvalue weighted by atomic mass is 35.5. The SMILES string of the molecule is CCOC(=O)c1c(NC(=O)CN2C(=O)/C(=C/c3ccccc3Cl)SC2=S)sc(C)c1C. The molecule has 0 radical (unpaired) electrons. The van der Waals surface area contributed by atoms with Gasteiger partial charge in [-0.2, -0.15) is 0 Å². The fraction of sp³-hybridized carbons (Fsp3) is 0.238. The van der Waals surface area contributed by atoms with Crippen molar-refractivity contribution < 1.29 is 19.1 Å². The first-order valence-electron chi connectivity index (χ1n) is 9.29. The Hall–Kier alpha value is -2.20. The molecule has 10 heteroatoms. The number of thiophene rings is 1. The molecule has 0 aliphatic carbocycles. The topological polar surface area (TPSA) is 75.7 Å². The lowest BCUT2D eigenvalue weighted by Crippen LogP contribution is -2.36. The second-order valence-corrected chi connectivity index (χ2v) is 9.85. The van der Waals surface area contributed by atoms with Crippen molar-refractivity contribution in [3.63, 3.8) is 0 Å². The molecule has 1 fully saturated rings. The number of hydrogen-bond donors (Lipinski definition) is 1. The van der Waals surface area contributed by atoms with Gasteiger partial charge in [-0.25, -0.2) is 4.79 Å². The molecule has 2 heterocycles. The molecule has 1 saturated heterocycles. The van der Waals surface area contributed by atoms with Crippen LogP contribution in [0.25, 0.3) is 6.08 Å². The summed E-state index contributed by atoms with van der Waals surface area (Å²) in [5, 5.41) is 3.64. The summed E-state index contributed by atoms with van der Waals surface area (Å²) in [5.74, 6) is -1.32. The molecule has 1 aromatic heterocycles. The summed E-state index contributed by atoms with van der Waals surface area (Å²) in [6.07, 6.45) is 1.66. The highest BCUT2D eigenvalue weighted by molar-refractivity contribution is 8.26. The summed E-state index contributed by atoms with van der Waals surface area (Å²) < 4.78 is 5.38. The summed E-state index contributed by atoms with van der Waals surface area (Å²) in [7, 11) is 0. The largest absolute Gasteiger partial charge is 0.462 e. The predicted molar refractivity (Wildman–Crippen MR) is 130 cm³/mol. The van der Waals surface area contributed by atoms with Crippen LogP contribution in [0.2, 0.25) is 5.02 Å². The fourth-order valence-electron chi connectivity index (χ4n) is 2.84. The van der Waals surface area contributed by atoms with Crippen LogP contribution >= 0.6 is 46.9 Å². The Balaban J connectivity index is 1.75. The lowest BCUT2D eigenvalue weighted by molar-refractivity contribution is -0.126. The van der Waals surface area contributed by atoms with Crippen LogP contribution in [0, 0.1) is 13.8 Å². The minimum absolute atomic E-state index is 0.231. The maximum atomic E-state index is 12.8. The van der Waals surface area contributed by atoms with E-state index in [2.05, 4.69) is 5.32 Å². The van der Waals surface area contributed by atoms with Crippen LogP contribution in [-0.2, 0) is 14.3 Å². The zero-order valence-electron chi connectivity index (χ0n) is 17.0. The number of aryl methyl sites for hydroxylation is 1. The van der Waals surface area contributed by atoms with Crippen LogP contribution in [0.15, 0.2) is 29.2 Å². The van der Waals surface area contributed by atoms with E-state index in [9.17, 15) is 14.4 Å². The number of nitrogens with zero attached hydrogens (tertiary/aromatic N) is 1. The standard InChI is InChI=1S/C21H19ClN2O4S3/c1-4-28-20(27)17-11(2)12(3)30-18(17)23-16(25)10-24-19(26)15(31-21(24)29)9-13-7-5-6-8-14(13)22/h5-9H,4,10H2,1-3H3,(H,23,25)/b15-9-. The number of benzene rings is 1. The Morgan fingerprint density at radius 2 is 2.00 bits per heavy atom. The van der Waals surface area contributed by atoms with E-state index in [-0.39, 0.29) is 23.4 Å². The average Bonchev–Trinajstić information content (AvgIpc) is 3.13. The first-order chi connectivity index (χ1) is 14.7. The molecule has 0 saturated carbocycles. The number of amides is 2. The van der Waals surface area contributed by atoms with Crippen LogP contribution in [-0.4, -0.2) is 40.2 Å². The summed E-state index contributed by atoms with van der Waals surface area (Å²) in [6, 6.07) is 7.14. The van der Waals surface area contributed by atoms with Gasteiger partial charge in [-0.05, 0) is 44.0 Å². The summed E-state index contributed by atoms with van der Waals surface area (Å²) in [4.78, 5) is 40.3. The van der Waals surface area contributed by atoms with Crippen LogP contribution in [0.3, 0.4) is 0 Å². The molecule has 3 rings (SSSR count). The molecule has 1 aliphatic heterocycles. The number of thioether (sulfide) groups is 1. The second-order valence-electron chi connectivity index (χ2n) is 6.55. The molecular formula is C21H19ClN2O4S3. The smallest absolute Gasteiger partial charge is 0.341 e. The molecular weight excluding hydrogens is 476 g/mol. The van der Waals surface area contributed by atoms with E-state index in [0.717, 1.165) is 22.2 Å². The van der Waals surface area contributed by atoms with Gasteiger partial charge in [0.05, 0.1) is 17.1 Å². The molecule has 2 amide bonds. The quantitative estimate of drug-likeness (QED) is 0.344. The third-order valence-corrected chi connectivity index (χ3v) is 7.33. The van der Waals surface area contributed by atoms with Crippen molar-refractivity contribution in [2.45, 2.75) is 20.8 Å². The van der Waals surface area contributed by atoms with E-state index in [1.807, 2.05) is 13.0 Å². The third-order valence-electron chi connectivity index (χ3n) is 4.48. The number of halogens is 1. The Bertz CT molecular complexity index is 1110. The van der Waals surface area contributed by atoms with Gasteiger partial charge in [-0.15, -0.1) is 11.3 Å². The molecule has 1 N–H and O–H groups in total. The lowest BCUT2D eigenvalue weighted by atomic mass is 10.1. The van der Waals surface area contributed by atoms with Gasteiger partial charge < -0.3 is 10.1 Å². The van der Waals surface area contributed by atoms with Gasteiger partial charge in [0, 0.05) is 9.90 Å². The monoisotopic (exact) mass is 494 g/mol. The highest BCUT2D eigenvalue weighted by Crippen LogP contribution is 2.35. The molecule has 162 valence electrons. The number of esters is 1. The Morgan fingerprint density at radius 1 is 1.29 bits per heavy atom. The number of rotatable bonds is 6. The molecule has 0 unspecified atom stereocenters. The van der Waals surface area contributed by atoms with Gasteiger partial charge in [0.25, 0.3) is 5.91 Å². The molecule has 6 nitrogen and oxygen atoms in total. The molecule has 0 atom stereocenters. The number of thiocarbonyl (C=S) groups is 1. The van der Waals surface area contributed by atoms with Gasteiger partial charge in [0.2, 0.25) is 5.91 Å². The van der Waals surface area contributed by atoms with Gasteiger partial charge in [0.1, 0.15) is 15.9 Å². The maximum absolute atomic E-state index is 12.8. The molecule has 0 spiro atoms. The lowest BCUT2D eigenvalue weighted by Gasteiger charge is -2.14. The highest BCUT2D eigenvalue weighted by Gasteiger charge is 2.34. The number of nitrogens with one attached hydrogen (secondary N) is 1. The maximum Gasteiger partial charge on any atom is 0.341 e. The van der Waals surface area contributed by atoms with Gasteiger partial charge in [-0.3, -0.25) is 14.5 Å². The Kier molecular flexibility index (Phi) is 7.53. The zero-order chi connectivity index (χ0) is 22.7. The fourth-order valence-corrected chi connectivity index (χ4v) is 5.34. The predicted octanol–water partition coefficient (Wildman–Crippen LogP) is 5.03. The van der Waals surface area contributed by atoms with Crippen LogP contribution in [0.5, 0.6) is 0 Å². The van der Waals surface area contributed by atoms with Crippen LogP contribution in [0.1, 0.15) is 33.3 Å². The number of ether oxygens (including phenoxy) is 1. The van der Waals surface area contributed by atoms with E-state index < -0.39 is 11.9 Å². The Labute approximate surface area is 198 Å². The number of carbonyl (C=O) groups excluding carboxylic acids is 3. The van der Waals surface area contributed by atoms with Crippen molar-refractivity contribution in [3.8, 4) is 0 Å². The molecule has 31 heavy (non-hydrogen) atoms. The van der Waals surface area contributed by atoms with Crippen molar-refractivity contribution in [2.24, 2.45) is 0 Å². The minimum atomic E-state index is -0.493. The minimum Gasteiger partial charge on any atom is -0.462 e. The van der Waals surface area contributed by atoms with Gasteiger partial charge >= 0.3 is 5.97 Å². The number of hydrogen-bond acceptors (Lipinski definition) is 7. The molecule has 0 bridgehead atoms. The van der Waals surface area contributed by atoms with E-state index in [1.54, 1.807) is 38.1 Å². The van der Waals surface area contributed by atoms with Crippen molar-refractivity contribution in [1.29, 1.82) is 0 Å². The van der Waals surface area contributed by atoms with Crippen LogP contribution < -0.4 is 5.32 Å². The first-order valence-corrected chi connectivity index (χ1v) is 11.7. The van der Waals surface area contributed by atoms with E-state index in [4.69, 9.17) is 28.6 Å².